The molecule has 0 amide bonds. The first-order valence-electron chi connectivity index (χ1n) is 33.4. The molecule has 0 fully saturated rings. The van der Waals surface area contributed by atoms with Gasteiger partial charge in [-0.25, -0.2) is 4.98 Å². The molecule has 3 aromatic heterocycles. The van der Waals surface area contributed by atoms with Crippen molar-refractivity contribution in [3.8, 4) is 39.8 Å². The van der Waals surface area contributed by atoms with Crippen LogP contribution >= 0.6 is 0 Å². The van der Waals surface area contributed by atoms with Gasteiger partial charge in [-0.3, -0.25) is 4.57 Å². The molecule has 0 aliphatic carbocycles. The SMILES string of the molecule is [2H]c1c([2H])c([2H])c([Si](c2cccc(-c3cc(C(C)(C)C)cc(C(C)(C)C)c3)c2-[n+]2[c-]n(-c3[c-]c(Oc4[c-]c5c(cc4)c4ccccc4n5-c4cc(C(C)(C)C)ccn4)ccc3)c3ccccc32)(c2c([2H])c([2H])c([2H])c([2H])c2[2H])c2c([2H])c([2H])c([2H])c([2H])c2[2H])c([2H])c1[2H].[Pt]. The largest absolute Gasteiger partial charge is 0.510 e. The van der Waals surface area contributed by atoms with Gasteiger partial charge in [-0.15, -0.1) is 29.7 Å². The number of nitrogens with zero attached hydrogens (tertiary/aromatic N) is 4. The van der Waals surface area contributed by atoms with Crippen LogP contribution in [0.15, 0.2) is 224 Å². The molecule has 0 radical (unpaired) electrons. The van der Waals surface area contributed by atoms with E-state index in [1.54, 1.807) is 45.5 Å². The molecule has 12 rings (SSSR count). The molecule has 12 aromatic rings. The Balaban J connectivity index is 0.00000901. The fraction of sp³-hybridized carbons (Fsp3) is 0.167. The van der Waals surface area contributed by atoms with Crippen LogP contribution in [-0.2, 0) is 37.3 Å². The number of aromatic nitrogens is 4. The number of para-hydroxylation sites is 4. The average molecular weight is 1240 g/mol. The van der Waals surface area contributed by atoms with Crippen LogP contribution in [0, 0.1) is 18.5 Å². The number of rotatable bonds is 10. The number of imidazole rings is 1. The van der Waals surface area contributed by atoms with Crippen LogP contribution in [0.1, 0.15) is 99.6 Å². The number of hydrogen-bond acceptors (Lipinski definition) is 2. The maximum absolute atomic E-state index is 10.0. The van der Waals surface area contributed by atoms with Crippen molar-refractivity contribution in [3.63, 3.8) is 0 Å². The molecule has 0 N–H and O–H groups in total. The number of fused-ring (bicyclic) bond motifs is 4. The van der Waals surface area contributed by atoms with Crippen LogP contribution in [0.25, 0.3) is 61.2 Å². The molecule has 0 aliphatic heterocycles. The summed E-state index contributed by atoms with van der Waals surface area (Å²) >= 11 is 0. The maximum Gasteiger partial charge on any atom is 0.268 e. The van der Waals surface area contributed by atoms with E-state index in [-0.39, 0.29) is 37.4 Å². The second kappa shape index (κ2) is 20.7. The Morgan fingerprint density at radius 2 is 1.10 bits per heavy atom. The minimum Gasteiger partial charge on any atom is -0.510 e. The van der Waals surface area contributed by atoms with E-state index in [4.69, 9.17) is 13.8 Å². The summed E-state index contributed by atoms with van der Waals surface area (Å²) in [7, 11) is -5.78. The van der Waals surface area contributed by atoms with E-state index in [2.05, 4.69) is 104 Å². The van der Waals surface area contributed by atoms with Crippen LogP contribution in [0.2, 0.25) is 0 Å². The molecule has 0 saturated carbocycles. The molecule has 0 atom stereocenters. The average Bonchev–Trinajstić information content (AvgIpc) is 0.735. The van der Waals surface area contributed by atoms with Gasteiger partial charge >= 0.3 is 0 Å². The molecule has 0 aliphatic rings. The molecule has 79 heavy (non-hydrogen) atoms. The fourth-order valence-corrected chi connectivity index (χ4v) is 14.4. The first-order valence-corrected chi connectivity index (χ1v) is 27.9. The van der Waals surface area contributed by atoms with Crippen LogP contribution in [0.5, 0.6) is 11.5 Å². The Morgan fingerprint density at radius 3 is 1.72 bits per heavy atom. The van der Waals surface area contributed by atoms with Crippen LogP contribution < -0.4 is 30.1 Å². The molecule has 9 aromatic carbocycles. The molecule has 3 heterocycles. The van der Waals surface area contributed by atoms with Crippen molar-refractivity contribution in [2.24, 2.45) is 0 Å². The van der Waals surface area contributed by atoms with Gasteiger partial charge in [0.2, 0.25) is 0 Å². The van der Waals surface area contributed by atoms with E-state index in [0.29, 0.717) is 39.3 Å². The van der Waals surface area contributed by atoms with Crippen molar-refractivity contribution in [1.82, 2.24) is 14.1 Å². The zero-order valence-corrected chi connectivity index (χ0v) is 48.5. The molecule has 0 unspecified atom stereocenters. The Labute approximate surface area is 502 Å². The Bertz CT molecular complexity index is 4840. The van der Waals surface area contributed by atoms with Crippen LogP contribution in [-0.4, -0.2) is 22.2 Å². The third-order valence-corrected chi connectivity index (χ3v) is 18.7. The molecule has 0 spiro atoms. The predicted molar refractivity (Wildman–Crippen MR) is 325 cm³/mol. The molecule has 0 bridgehead atoms. The standard InChI is InChI=1S/C72H64N4OSi.Pt/c1-70(2,3)51-41-42-73-68(46-51)76-63-35-20-19-33-61(63)62-40-39-56(48-66(62)76)77-55-26-23-25-54(47-55)74-49-75(65-37-22-21-36-64(65)74)69-60(50-43-52(71(4,5)6)45-53(44-50)72(7,8)9)34-24-38-67(69)78(57-27-13-10-14-28-57,58-29-15-11-16-30-58)59-31-17-12-18-32-59;/h10-46H,1-9H3;/q-2;/i10D,11D,12D,13D,14D,15D,16D,17D,18D,27D,28D,29D,30D,31D,32D;. The van der Waals surface area contributed by atoms with Gasteiger partial charge in [-0.2, -0.15) is 18.2 Å². The predicted octanol–water partition coefficient (Wildman–Crippen LogP) is 14.5. The van der Waals surface area contributed by atoms with Gasteiger partial charge in [0.05, 0.1) is 37.3 Å². The van der Waals surface area contributed by atoms with Gasteiger partial charge in [0.1, 0.15) is 5.82 Å². The monoisotopic (exact) mass is 1240 g/mol. The summed E-state index contributed by atoms with van der Waals surface area (Å²) in [5, 5.41) is 0.0307. The summed E-state index contributed by atoms with van der Waals surface area (Å²) in [5.74, 6) is 1.39. The van der Waals surface area contributed by atoms with E-state index in [1.807, 2.05) is 79.0 Å². The van der Waals surface area contributed by atoms with Gasteiger partial charge in [0.25, 0.3) is 6.33 Å². The number of hydrogen-bond donors (Lipinski definition) is 0. The van der Waals surface area contributed by atoms with Gasteiger partial charge in [-0.05, 0) is 94.1 Å². The van der Waals surface area contributed by atoms with Gasteiger partial charge in [0, 0.05) is 44.3 Å². The zero-order valence-electron chi connectivity index (χ0n) is 60.2. The first kappa shape index (κ1) is 37.8. The smallest absolute Gasteiger partial charge is 0.268 e. The first-order chi connectivity index (χ1) is 43.8. The van der Waals surface area contributed by atoms with E-state index in [0.717, 1.165) is 44.3 Å². The van der Waals surface area contributed by atoms with E-state index >= 15 is 0 Å². The van der Waals surface area contributed by atoms with Crippen molar-refractivity contribution >= 4 is 61.7 Å². The van der Waals surface area contributed by atoms with E-state index < -0.39 is 125 Å². The number of ether oxygens (including phenoxy) is 1. The summed E-state index contributed by atoms with van der Waals surface area (Å²) in [6.07, 6.45) is 5.42. The maximum atomic E-state index is 10.0. The van der Waals surface area contributed by atoms with Crippen molar-refractivity contribution in [2.45, 2.75) is 78.6 Å². The summed E-state index contributed by atoms with van der Waals surface area (Å²) in [4.78, 5) is 4.84. The number of benzene rings is 9. The van der Waals surface area contributed by atoms with Crippen molar-refractivity contribution in [2.75, 3.05) is 0 Å². The van der Waals surface area contributed by atoms with Crippen LogP contribution in [0.4, 0.5) is 0 Å². The fourth-order valence-electron chi connectivity index (χ4n) is 10.4. The Morgan fingerprint density at radius 1 is 0.532 bits per heavy atom. The quantitative estimate of drug-likeness (QED) is 0.0592. The van der Waals surface area contributed by atoms with Crippen molar-refractivity contribution < 1.29 is 50.9 Å². The van der Waals surface area contributed by atoms with Crippen molar-refractivity contribution in [1.29, 1.82) is 0 Å². The summed E-state index contributed by atoms with van der Waals surface area (Å²) < 4.78 is 155. The minimum atomic E-state index is -5.78. The van der Waals surface area contributed by atoms with Crippen LogP contribution in [0.3, 0.4) is 0 Å². The summed E-state index contributed by atoms with van der Waals surface area (Å²) in [5.41, 5.74) is 6.04. The Hall–Kier alpha value is -7.89. The summed E-state index contributed by atoms with van der Waals surface area (Å²) in [6.45, 7) is 18.9. The molecule has 5 nitrogen and oxygen atoms in total. The third kappa shape index (κ3) is 9.70. The molecular formula is C72H64N4OPtSi-2. The molecule has 0 saturated heterocycles. The Kier molecular flexibility index (Phi) is 9.92. The minimum absolute atomic E-state index is 0. The molecule has 394 valence electrons. The van der Waals surface area contributed by atoms with Gasteiger partial charge in [0.15, 0.2) is 8.07 Å². The molecule has 7 heteroatoms. The zero-order chi connectivity index (χ0) is 67.0. The van der Waals surface area contributed by atoms with Crippen molar-refractivity contribution in [3.05, 3.63) is 259 Å². The van der Waals surface area contributed by atoms with E-state index in [9.17, 15) is 16.4 Å². The molecular weight excluding hydrogens is 1160 g/mol. The normalized spacial score (nSPS) is 14.9. The van der Waals surface area contributed by atoms with Gasteiger partial charge in [-0.1, -0.05) is 237 Å². The van der Waals surface area contributed by atoms with Gasteiger partial charge < -0.3 is 13.9 Å². The topological polar surface area (TPSA) is 35.9 Å². The van der Waals surface area contributed by atoms with E-state index in [1.165, 1.54) is 0 Å². The third-order valence-electron chi connectivity index (χ3n) is 14.4. The number of pyridine rings is 1. The second-order valence-corrected chi connectivity index (χ2v) is 26.1. The summed E-state index contributed by atoms with van der Waals surface area (Å²) in [6, 6.07) is 33.9. The second-order valence-electron chi connectivity index (χ2n) is 22.6.